The molecule has 0 aliphatic heterocycles. The molecule has 0 heterocycles. The molecule has 1 rings (SSSR count). The quantitative estimate of drug-likeness (QED) is 0.644. The van der Waals surface area contributed by atoms with Crippen LogP contribution in [-0.4, -0.2) is 39.9 Å². The van der Waals surface area contributed by atoms with Crippen molar-refractivity contribution in [2.24, 2.45) is 0 Å². The molecule has 1 aromatic carbocycles. The molecule has 0 radical (unpaired) electrons. The maximum atomic E-state index is 12.3. The lowest BCUT2D eigenvalue weighted by atomic mass is 10.2. The summed E-state index contributed by atoms with van der Waals surface area (Å²) in [6, 6.07) is 3.61. The van der Waals surface area contributed by atoms with Gasteiger partial charge in [0.15, 0.2) is 11.5 Å². The molecule has 1 aromatic rings. The Balaban J connectivity index is 2.79. The molecule has 7 heteroatoms. The fraction of sp³-hybridized carbons (Fsp3) is 0.571. The molecule has 0 bridgehead atoms. The molecule has 0 atom stereocenters. The van der Waals surface area contributed by atoms with Crippen molar-refractivity contribution in [2.45, 2.75) is 19.9 Å². The van der Waals surface area contributed by atoms with Crippen LogP contribution < -0.4 is 14.8 Å². The Hall–Kier alpha value is -0.920. The minimum Gasteiger partial charge on any atom is -0.490 e. The Morgan fingerprint density at radius 1 is 1.29 bits per heavy atom. The Morgan fingerprint density at radius 2 is 2.05 bits per heavy atom. The maximum absolute atomic E-state index is 12.3. The van der Waals surface area contributed by atoms with Crippen molar-refractivity contribution in [1.29, 1.82) is 0 Å². The van der Waals surface area contributed by atoms with Crippen molar-refractivity contribution >= 4 is 15.9 Å². The number of rotatable bonds is 10. The summed E-state index contributed by atoms with van der Waals surface area (Å²) in [6.45, 7) is 3.56. The lowest BCUT2D eigenvalue weighted by Crippen LogP contribution is -2.18. The van der Waals surface area contributed by atoms with Gasteiger partial charge in [-0.1, -0.05) is 0 Å². The van der Waals surface area contributed by atoms with Gasteiger partial charge < -0.3 is 19.5 Å². The predicted octanol–water partition coefficient (Wildman–Crippen LogP) is 3.23. The van der Waals surface area contributed by atoms with E-state index in [1.54, 1.807) is 13.2 Å². The zero-order chi connectivity index (χ0) is 15.7. The molecule has 0 unspecified atom stereocenters. The van der Waals surface area contributed by atoms with Gasteiger partial charge in [0.2, 0.25) is 0 Å². The van der Waals surface area contributed by atoms with Crippen LogP contribution in [0.5, 0.6) is 11.5 Å². The predicted molar refractivity (Wildman–Crippen MR) is 80.4 cm³/mol. The van der Waals surface area contributed by atoms with Crippen molar-refractivity contribution in [2.75, 3.05) is 33.5 Å². The third kappa shape index (κ3) is 6.58. The van der Waals surface area contributed by atoms with E-state index < -0.39 is 13.0 Å². The van der Waals surface area contributed by atoms with Crippen LogP contribution in [0, 0.1) is 0 Å². The molecule has 0 aliphatic rings. The van der Waals surface area contributed by atoms with E-state index in [0.29, 0.717) is 35.7 Å². The average molecular weight is 368 g/mol. The van der Waals surface area contributed by atoms with Crippen molar-refractivity contribution in [3.63, 3.8) is 0 Å². The Labute approximate surface area is 131 Å². The number of benzene rings is 1. The zero-order valence-corrected chi connectivity index (χ0v) is 13.7. The fourth-order valence-corrected chi connectivity index (χ4v) is 2.28. The van der Waals surface area contributed by atoms with Crippen LogP contribution in [-0.2, 0) is 11.3 Å². The molecule has 21 heavy (non-hydrogen) atoms. The zero-order valence-electron chi connectivity index (χ0n) is 12.1. The lowest BCUT2D eigenvalue weighted by molar-refractivity contribution is 0.0796. The maximum Gasteiger partial charge on any atom is 0.272 e. The smallest absolute Gasteiger partial charge is 0.272 e. The Kier molecular flexibility index (Phi) is 8.56. The van der Waals surface area contributed by atoms with E-state index in [-0.39, 0.29) is 0 Å². The minimum absolute atomic E-state index is 0.304. The van der Waals surface area contributed by atoms with Crippen LogP contribution in [0.1, 0.15) is 12.5 Å². The van der Waals surface area contributed by atoms with Crippen molar-refractivity contribution in [3.05, 3.63) is 22.2 Å². The Morgan fingerprint density at radius 3 is 2.67 bits per heavy atom. The number of ether oxygens (including phenoxy) is 3. The number of alkyl halides is 2. The first-order valence-electron chi connectivity index (χ1n) is 6.64. The van der Waals surface area contributed by atoms with Gasteiger partial charge in [0.05, 0.1) is 17.7 Å². The van der Waals surface area contributed by atoms with Gasteiger partial charge in [0.1, 0.15) is 6.61 Å². The molecular formula is C14H20BrF2NO3. The number of methoxy groups -OCH3 is 1. The van der Waals surface area contributed by atoms with Gasteiger partial charge >= 0.3 is 0 Å². The van der Waals surface area contributed by atoms with Crippen LogP contribution in [0.25, 0.3) is 0 Å². The number of halogens is 3. The summed E-state index contributed by atoms with van der Waals surface area (Å²) in [4.78, 5) is 0. The van der Waals surface area contributed by atoms with E-state index in [4.69, 9.17) is 14.2 Å². The second-order valence-corrected chi connectivity index (χ2v) is 5.06. The SMILES string of the molecule is CCOc1cc(CNCCOC)cc(Br)c1OCC(F)F. The number of hydrogen-bond donors (Lipinski definition) is 1. The summed E-state index contributed by atoms with van der Waals surface area (Å²) in [7, 11) is 1.64. The molecular weight excluding hydrogens is 348 g/mol. The van der Waals surface area contributed by atoms with Gasteiger partial charge in [-0.05, 0) is 40.5 Å². The molecule has 0 spiro atoms. The summed E-state index contributed by atoms with van der Waals surface area (Å²) < 4.78 is 40.7. The average Bonchev–Trinajstić information content (AvgIpc) is 2.43. The van der Waals surface area contributed by atoms with E-state index >= 15 is 0 Å². The third-order valence-corrected chi connectivity index (χ3v) is 3.12. The second kappa shape index (κ2) is 9.92. The molecule has 120 valence electrons. The van der Waals surface area contributed by atoms with E-state index in [9.17, 15) is 8.78 Å². The number of nitrogens with one attached hydrogen (secondary N) is 1. The Bertz CT molecular complexity index is 433. The largest absolute Gasteiger partial charge is 0.490 e. The molecule has 4 nitrogen and oxygen atoms in total. The first kappa shape index (κ1) is 18.1. The second-order valence-electron chi connectivity index (χ2n) is 4.21. The standard InChI is InChI=1S/C14H20BrF2NO3/c1-3-20-12-7-10(8-18-4-5-19-2)6-11(15)14(12)21-9-13(16)17/h6-7,13,18H,3-5,8-9H2,1-2H3. The van der Waals surface area contributed by atoms with Gasteiger partial charge in [0, 0.05) is 20.2 Å². The molecule has 0 saturated carbocycles. The van der Waals surface area contributed by atoms with Crippen LogP contribution in [0.3, 0.4) is 0 Å². The highest BCUT2D eigenvalue weighted by atomic mass is 79.9. The molecule has 0 amide bonds. The minimum atomic E-state index is -2.53. The van der Waals surface area contributed by atoms with Gasteiger partial charge in [-0.25, -0.2) is 8.78 Å². The number of hydrogen-bond acceptors (Lipinski definition) is 4. The highest BCUT2D eigenvalue weighted by Crippen LogP contribution is 2.37. The van der Waals surface area contributed by atoms with Gasteiger partial charge in [0.25, 0.3) is 6.43 Å². The first-order chi connectivity index (χ1) is 10.1. The van der Waals surface area contributed by atoms with E-state index in [2.05, 4.69) is 21.2 Å². The van der Waals surface area contributed by atoms with Crippen LogP contribution >= 0.6 is 15.9 Å². The van der Waals surface area contributed by atoms with Gasteiger partial charge in [-0.15, -0.1) is 0 Å². The highest BCUT2D eigenvalue weighted by molar-refractivity contribution is 9.10. The van der Waals surface area contributed by atoms with Crippen molar-refractivity contribution < 1.29 is 23.0 Å². The van der Waals surface area contributed by atoms with Gasteiger partial charge in [-0.2, -0.15) is 0 Å². The molecule has 1 N–H and O–H groups in total. The normalized spacial score (nSPS) is 11.0. The summed E-state index contributed by atoms with van der Waals surface area (Å²) in [5.74, 6) is 0.758. The monoisotopic (exact) mass is 367 g/mol. The van der Waals surface area contributed by atoms with E-state index in [1.165, 1.54) is 0 Å². The van der Waals surface area contributed by atoms with Crippen LogP contribution in [0.4, 0.5) is 8.78 Å². The molecule has 0 saturated heterocycles. The van der Waals surface area contributed by atoms with Gasteiger partial charge in [-0.3, -0.25) is 0 Å². The van der Waals surface area contributed by atoms with Crippen molar-refractivity contribution in [1.82, 2.24) is 5.32 Å². The fourth-order valence-electron chi connectivity index (χ4n) is 1.68. The highest BCUT2D eigenvalue weighted by Gasteiger charge is 2.14. The molecule has 0 aliphatic carbocycles. The lowest BCUT2D eigenvalue weighted by Gasteiger charge is -2.15. The summed E-state index contributed by atoms with van der Waals surface area (Å²) in [5, 5.41) is 3.21. The van der Waals surface area contributed by atoms with E-state index in [0.717, 1.165) is 12.1 Å². The van der Waals surface area contributed by atoms with Crippen LogP contribution in [0.2, 0.25) is 0 Å². The summed E-state index contributed by atoms with van der Waals surface area (Å²) in [5.41, 5.74) is 0.964. The summed E-state index contributed by atoms with van der Waals surface area (Å²) in [6.07, 6.45) is -2.53. The van der Waals surface area contributed by atoms with Crippen LogP contribution in [0.15, 0.2) is 16.6 Å². The van der Waals surface area contributed by atoms with Crippen molar-refractivity contribution in [3.8, 4) is 11.5 Å². The summed E-state index contributed by atoms with van der Waals surface area (Å²) >= 11 is 3.34. The van der Waals surface area contributed by atoms with E-state index in [1.807, 2.05) is 13.0 Å². The topological polar surface area (TPSA) is 39.7 Å². The molecule has 0 aromatic heterocycles. The first-order valence-corrected chi connectivity index (χ1v) is 7.43. The third-order valence-electron chi connectivity index (χ3n) is 2.53. The molecule has 0 fully saturated rings.